The average molecular weight is 614 g/mol. The highest BCUT2D eigenvalue weighted by atomic mass is 32.1. The fraction of sp³-hybridized carbons (Fsp3) is 0. The smallest absolute Gasteiger partial charge is 0.227 e. The Morgan fingerprint density at radius 3 is 1.42 bits per heavy atom. The Morgan fingerprint density at radius 2 is 0.844 bits per heavy atom. The molecule has 212 valence electrons. The number of fused-ring (bicyclic) bond motifs is 3. The minimum atomic E-state index is 0.625. The van der Waals surface area contributed by atoms with E-state index >= 15 is 0 Å². The molecule has 9 rings (SSSR count). The molecule has 0 unspecified atom stereocenters. The van der Waals surface area contributed by atoms with Gasteiger partial charge >= 0.3 is 0 Å². The van der Waals surface area contributed by atoms with Crippen molar-refractivity contribution in [2.24, 2.45) is 0 Å². The van der Waals surface area contributed by atoms with Crippen LogP contribution in [0.5, 0.6) is 0 Å². The molecule has 0 aliphatic heterocycles. The van der Waals surface area contributed by atoms with Crippen LogP contribution in [0.25, 0.3) is 86.4 Å². The number of rotatable bonds is 5. The van der Waals surface area contributed by atoms with Crippen LogP contribution in [0.3, 0.4) is 0 Å². The Kier molecular flexibility index (Phi) is 6.14. The van der Waals surface area contributed by atoms with E-state index in [9.17, 15) is 0 Å². The Hall–Kier alpha value is -5.43. The van der Waals surface area contributed by atoms with Gasteiger partial charge in [-0.05, 0) is 89.0 Å². The third-order valence-electron chi connectivity index (χ3n) is 7.99. The summed E-state index contributed by atoms with van der Waals surface area (Å²) >= 11 is 3.45. The van der Waals surface area contributed by atoms with Gasteiger partial charge in [-0.1, -0.05) is 72.8 Å². The van der Waals surface area contributed by atoms with E-state index in [4.69, 9.17) is 14.4 Å². The highest BCUT2D eigenvalue weighted by molar-refractivity contribution is 7.22. The number of benzene rings is 6. The SMILES string of the molecule is c1ccc2oc(-c3ccc(-c4cc(-c5ccc(-c6nc7ccccc7s6)cc5)cc(-c5nc6ccccc6s5)c4)cc3)nc2c1. The minimum absolute atomic E-state index is 0.625. The van der Waals surface area contributed by atoms with Crippen LogP contribution in [0, 0.1) is 0 Å². The molecule has 0 N–H and O–H groups in total. The molecule has 45 heavy (non-hydrogen) atoms. The number of hydrogen-bond donors (Lipinski definition) is 0. The van der Waals surface area contributed by atoms with Crippen molar-refractivity contribution >= 4 is 54.2 Å². The summed E-state index contributed by atoms with van der Waals surface area (Å²) in [6.07, 6.45) is 0. The summed E-state index contributed by atoms with van der Waals surface area (Å²) in [4.78, 5) is 14.5. The van der Waals surface area contributed by atoms with Crippen LogP contribution in [0.4, 0.5) is 0 Å². The largest absolute Gasteiger partial charge is 0.436 e. The van der Waals surface area contributed by atoms with E-state index in [1.54, 1.807) is 22.7 Å². The number of oxazole rings is 1. The lowest BCUT2D eigenvalue weighted by Gasteiger charge is -2.11. The Balaban J connectivity index is 1.12. The summed E-state index contributed by atoms with van der Waals surface area (Å²) < 4.78 is 8.40. The minimum Gasteiger partial charge on any atom is -0.436 e. The first-order valence-electron chi connectivity index (χ1n) is 14.7. The van der Waals surface area contributed by atoms with Gasteiger partial charge in [0.15, 0.2) is 5.58 Å². The van der Waals surface area contributed by atoms with Gasteiger partial charge in [0, 0.05) is 16.7 Å². The molecule has 0 fully saturated rings. The van der Waals surface area contributed by atoms with Crippen molar-refractivity contribution in [2.75, 3.05) is 0 Å². The molecule has 0 aliphatic carbocycles. The zero-order valence-corrected chi connectivity index (χ0v) is 25.5. The van der Waals surface area contributed by atoms with E-state index in [1.165, 1.54) is 9.40 Å². The molecular formula is C39H23N3OS2. The second-order valence-corrected chi connectivity index (χ2v) is 13.0. The van der Waals surface area contributed by atoms with Gasteiger partial charge in [-0.3, -0.25) is 0 Å². The summed E-state index contributed by atoms with van der Waals surface area (Å²) in [5.74, 6) is 0.625. The van der Waals surface area contributed by atoms with Crippen molar-refractivity contribution in [3.05, 3.63) is 140 Å². The summed E-state index contributed by atoms with van der Waals surface area (Å²) in [6, 6.07) is 48.4. The van der Waals surface area contributed by atoms with Gasteiger partial charge in [-0.2, -0.15) is 0 Å². The maximum Gasteiger partial charge on any atom is 0.227 e. The maximum atomic E-state index is 6.02. The van der Waals surface area contributed by atoms with Gasteiger partial charge in [0.25, 0.3) is 0 Å². The predicted octanol–water partition coefficient (Wildman–Crippen LogP) is 11.4. The van der Waals surface area contributed by atoms with Gasteiger partial charge in [0.2, 0.25) is 5.89 Å². The number of para-hydroxylation sites is 4. The molecule has 0 saturated heterocycles. The van der Waals surface area contributed by atoms with Crippen LogP contribution in [-0.2, 0) is 0 Å². The molecule has 0 atom stereocenters. The van der Waals surface area contributed by atoms with Crippen molar-refractivity contribution < 1.29 is 4.42 Å². The van der Waals surface area contributed by atoms with Crippen molar-refractivity contribution in [3.63, 3.8) is 0 Å². The van der Waals surface area contributed by atoms with Crippen LogP contribution in [0.1, 0.15) is 0 Å². The third kappa shape index (κ3) is 4.81. The number of nitrogens with zero attached hydrogens (tertiary/aromatic N) is 3. The van der Waals surface area contributed by atoms with E-state index < -0.39 is 0 Å². The number of aromatic nitrogens is 3. The van der Waals surface area contributed by atoms with E-state index in [2.05, 4.69) is 108 Å². The molecule has 0 bridgehead atoms. The zero-order valence-electron chi connectivity index (χ0n) is 23.8. The standard InChI is InChI=1S/C39H23N3OS2/c1-4-10-34-31(7-1)40-37(43-34)26-17-13-24(14-18-26)28-21-29(23-30(22-28)39-42-33-9-3-6-12-36(33)45-39)25-15-19-27(20-16-25)38-41-32-8-2-5-11-35(32)44-38/h1-23H. The van der Waals surface area contributed by atoms with E-state index in [0.29, 0.717) is 5.89 Å². The predicted molar refractivity (Wildman–Crippen MR) is 188 cm³/mol. The molecule has 6 aromatic carbocycles. The molecule has 0 saturated carbocycles. The molecule has 3 heterocycles. The summed E-state index contributed by atoms with van der Waals surface area (Å²) in [5.41, 5.74) is 11.4. The highest BCUT2D eigenvalue weighted by Gasteiger charge is 2.14. The molecule has 9 aromatic rings. The van der Waals surface area contributed by atoms with Crippen LogP contribution >= 0.6 is 22.7 Å². The molecule has 0 amide bonds. The first-order valence-corrected chi connectivity index (χ1v) is 16.3. The summed E-state index contributed by atoms with van der Waals surface area (Å²) in [5, 5.41) is 2.04. The molecule has 3 aromatic heterocycles. The first-order chi connectivity index (χ1) is 22.2. The van der Waals surface area contributed by atoms with Crippen LogP contribution in [0.2, 0.25) is 0 Å². The van der Waals surface area contributed by atoms with E-state index in [-0.39, 0.29) is 0 Å². The first kappa shape index (κ1) is 26.0. The van der Waals surface area contributed by atoms with Gasteiger partial charge in [0.05, 0.1) is 20.4 Å². The monoisotopic (exact) mass is 613 g/mol. The van der Waals surface area contributed by atoms with Gasteiger partial charge < -0.3 is 4.42 Å². The topological polar surface area (TPSA) is 51.8 Å². The lowest BCUT2D eigenvalue weighted by molar-refractivity contribution is 0.620. The lowest BCUT2D eigenvalue weighted by Crippen LogP contribution is -1.87. The van der Waals surface area contributed by atoms with Gasteiger partial charge in [0.1, 0.15) is 15.5 Å². The van der Waals surface area contributed by atoms with Crippen molar-refractivity contribution in [1.29, 1.82) is 0 Å². The van der Waals surface area contributed by atoms with Crippen molar-refractivity contribution in [3.8, 4) is 54.9 Å². The Morgan fingerprint density at radius 1 is 0.378 bits per heavy atom. The van der Waals surface area contributed by atoms with E-state index in [1.807, 2.05) is 36.4 Å². The fourth-order valence-corrected chi connectivity index (χ4v) is 7.61. The third-order valence-corrected chi connectivity index (χ3v) is 10.2. The quantitative estimate of drug-likeness (QED) is 0.194. The zero-order chi connectivity index (χ0) is 29.7. The summed E-state index contributed by atoms with van der Waals surface area (Å²) in [6.45, 7) is 0. The fourth-order valence-electron chi connectivity index (χ4n) is 5.68. The Bertz CT molecular complexity index is 2250. The van der Waals surface area contributed by atoms with Crippen molar-refractivity contribution in [1.82, 2.24) is 15.0 Å². The number of hydrogen-bond acceptors (Lipinski definition) is 6. The molecule has 0 aliphatic rings. The molecule has 0 spiro atoms. The molecule has 4 nitrogen and oxygen atoms in total. The average Bonchev–Trinajstić information content (AvgIpc) is 3.85. The Labute approximate surface area is 266 Å². The normalized spacial score (nSPS) is 11.6. The van der Waals surface area contributed by atoms with Crippen LogP contribution < -0.4 is 0 Å². The lowest BCUT2D eigenvalue weighted by atomic mass is 9.95. The second kappa shape index (κ2) is 10.6. The second-order valence-electron chi connectivity index (χ2n) is 10.9. The molecular weight excluding hydrogens is 591 g/mol. The van der Waals surface area contributed by atoms with Crippen LogP contribution in [-0.4, -0.2) is 15.0 Å². The number of thiazole rings is 2. The highest BCUT2D eigenvalue weighted by Crippen LogP contribution is 2.38. The van der Waals surface area contributed by atoms with Gasteiger partial charge in [-0.25, -0.2) is 15.0 Å². The summed E-state index contributed by atoms with van der Waals surface area (Å²) in [7, 11) is 0. The van der Waals surface area contributed by atoms with E-state index in [0.717, 1.165) is 71.1 Å². The van der Waals surface area contributed by atoms with Gasteiger partial charge in [-0.15, -0.1) is 22.7 Å². The molecule has 6 heteroatoms. The van der Waals surface area contributed by atoms with Crippen LogP contribution in [0.15, 0.2) is 144 Å². The molecule has 0 radical (unpaired) electrons. The van der Waals surface area contributed by atoms with Crippen molar-refractivity contribution in [2.45, 2.75) is 0 Å². The maximum absolute atomic E-state index is 6.02.